The summed E-state index contributed by atoms with van der Waals surface area (Å²) in [5.41, 5.74) is 6.38. The molecule has 0 amide bonds. The molecule has 0 fully saturated rings. The average Bonchev–Trinajstić information content (AvgIpc) is 2.69. The molecule has 0 bridgehead atoms. The predicted molar refractivity (Wildman–Crippen MR) is 59.7 cm³/mol. The summed E-state index contributed by atoms with van der Waals surface area (Å²) in [6.07, 6.45) is 3.45. The lowest BCUT2D eigenvalue weighted by molar-refractivity contribution is 0.608. The van der Waals surface area contributed by atoms with E-state index in [2.05, 4.69) is 25.6 Å². The molecule has 0 aromatic carbocycles. The molecule has 0 saturated carbocycles. The summed E-state index contributed by atoms with van der Waals surface area (Å²) in [6.45, 7) is 3.31. The van der Waals surface area contributed by atoms with E-state index in [1.54, 1.807) is 17.1 Å². The van der Waals surface area contributed by atoms with Crippen LogP contribution in [0.15, 0.2) is 18.5 Å². The summed E-state index contributed by atoms with van der Waals surface area (Å²) in [7, 11) is 0. The van der Waals surface area contributed by atoms with Gasteiger partial charge in [-0.1, -0.05) is 5.21 Å². The van der Waals surface area contributed by atoms with E-state index in [-0.39, 0.29) is 5.95 Å². The average molecular weight is 219 g/mol. The number of hydrogen-bond donors (Lipinski definition) is 2. The van der Waals surface area contributed by atoms with Gasteiger partial charge in [0.1, 0.15) is 5.82 Å². The number of nitrogens with one attached hydrogen (secondary N) is 1. The molecule has 0 spiro atoms. The summed E-state index contributed by atoms with van der Waals surface area (Å²) in [5, 5.41) is 10.7. The van der Waals surface area contributed by atoms with Crippen LogP contribution in [-0.2, 0) is 6.54 Å². The van der Waals surface area contributed by atoms with Crippen LogP contribution in [0.5, 0.6) is 0 Å². The predicted octanol–water partition coefficient (Wildman–Crippen LogP) is 0.0708. The first-order chi connectivity index (χ1) is 7.74. The van der Waals surface area contributed by atoms with Crippen LogP contribution in [0.4, 0.5) is 11.8 Å². The fourth-order valence-electron chi connectivity index (χ4n) is 1.33. The zero-order valence-electron chi connectivity index (χ0n) is 8.96. The van der Waals surface area contributed by atoms with Gasteiger partial charge in [0.25, 0.3) is 0 Å². The Bertz CT molecular complexity index is 431. The van der Waals surface area contributed by atoms with Crippen LogP contribution in [0, 0.1) is 6.92 Å². The highest BCUT2D eigenvalue weighted by Gasteiger charge is 1.98. The molecule has 2 heterocycles. The molecule has 0 aliphatic carbocycles. The second-order valence-corrected chi connectivity index (χ2v) is 3.35. The number of nitrogens with two attached hydrogens (primary N) is 1. The summed E-state index contributed by atoms with van der Waals surface area (Å²) in [4.78, 5) is 8.05. The fraction of sp³-hybridized carbons (Fsp3) is 0.333. The van der Waals surface area contributed by atoms with E-state index in [1.165, 1.54) is 0 Å². The van der Waals surface area contributed by atoms with E-state index in [4.69, 9.17) is 5.73 Å². The van der Waals surface area contributed by atoms with Gasteiger partial charge in [-0.05, 0) is 6.92 Å². The number of anilines is 2. The summed E-state index contributed by atoms with van der Waals surface area (Å²) >= 11 is 0. The largest absolute Gasteiger partial charge is 0.368 e. The Morgan fingerprint density at radius 2 is 2.31 bits per heavy atom. The van der Waals surface area contributed by atoms with Gasteiger partial charge in [0.2, 0.25) is 5.95 Å². The van der Waals surface area contributed by atoms with Crippen LogP contribution in [0.1, 0.15) is 5.69 Å². The number of aromatic nitrogens is 5. The third-order valence-electron chi connectivity index (χ3n) is 1.99. The highest BCUT2D eigenvalue weighted by molar-refractivity contribution is 5.39. The normalized spacial score (nSPS) is 10.3. The summed E-state index contributed by atoms with van der Waals surface area (Å²) < 4.78 is 1.74. The molecular weight excluding hydrogens is 206 g/mol. The number of hydrogen-bond acceptors (Lipinski definition) is 6. The minimum absolute atomic E-state index is 0.281. The molecule has 84 valence electrons. The molecule has 0 aliphatic rings. The second kappa shape index (κ2) is 4.56. The molecule has 7 nitrogen and oxygen atoms in total. The lowest BCUT2D eigenvalue weighted by Gasteiger charge is -2.06. The standard InChI is InChI=1S/C9H13N7/c1-7-6-8(14-9(10)13-7)11-2-4-16-5-3-12-15-16/h3,5-6H,2,4H2,1H3,(H3,10,11,13,14). The van der Waals surface area contributed by atoms with Crippen LogP contribution >= 0.6 is 0 Å². The van der Waals surface area contributed by atoms with Crippen molar-refractivity contribution in [1.82, 2.24) is 25.0 Å². The topological polar surface area (TPSA) is 94.5 Å². The van der Waals surface area contributed by atoms with Crippen molar-refractivity contribution in [1.29, 1.82) is 0 Å². The fourth-order valence-corrected chi connectivity index (χ4v) is 1.33. The molecule has 2 aromatic rings. The van der Waals surface area contributed by atoms with Gasteiger partial charge in [-0.2, -0.15) is 4.98 Å². The van der Waals surface area contributed by atoms with Crippen molar-refractivity contribution in [2.75, 3.05) is 17.6 Å². The maximum atomic E-state index is 5.54. The maximum absolute atomic E-state index is 5.54. The van der Waals surface area contributed by atoms with Crippen LogP contribution in [0.3, 0.4) is 0 Å². The molecule has 2 rings (SSSR count). The SMILES string of the molecule is Cc1cc(NCCn2ccnn2)nc(N)n1. The quantitative estimate of drug-likeness (QED) is 0.755. The van der Waals surface area contributed by atoms with Crippen molar-refractivity contribution in [2.45, 2.75) is 13.5 Å². The lowest BCUT2D eigenvalue weighted by Crippen LogP contribution is -2.12. The Balaban J connectivity index is 1.89. The maximum Gasteiger partial charge on any atom is 0.222 e. The minimum atomic E-state index is 0.281. The highest BCUT2D eigenvalue weighted by Crippen LogP contribution is 2.06. The van der Waals surface area contributed by atoms with Crippen molar-refractivity contribution < 1.29 is 0 Å². The molecule has 0 atom stereocenters. The Labute approximate surface area is 92.7 Å². The zero-order chi connectivity index (χ0) is 11.4. The number of nitrogens with zero attached hydrogens (tertiary/aromatic N) is 5. The van der Waals surface area contributed by atoms with E-state index in [9.17, 15) is 0 Å². The van der Waals surface area contributed by atoms with Gasteiger partial charge in [0.05, 0.1) is 12.7 Å². The van der Waals surface area contributed by atoms with Gasteiger partial charge in [-0.3, -0.25) is 4.68 Å². The molecule has 2 aromatic heterocycles. The van der Waals surface area contributed by atoms with Crippen LogP contribution in [0.25, 0.3) is 0 Å². The van der Waals surface area contributed by atoms with Crippen molar-refractivity contribution in [3.8, 4) is 0 Å². The van der Waals surface area contributed by atoms with Crippen LogP contribution < -0.4 is 11.1 Å². The molecular formula is C9H13N7. The van der Waals surface area contributed by atoms with Gasteiger partial charge in [-0.15, -0.1) is 5.10 Å². The molecule has 0 unspecified atom stereocenters. The molecule has 0 saturated heterocycles. The lowest BCUT2D eigenvalue weighted by atomic mass is 10.4. The summed E-state index contributed by atoms with van der Waals surface area (Å²) in [5.74, 6) is 1.01. The first kappa shape index (κ1) is 10.3. The molecule has 0 aliphatic heterocycles. The highest BCUT2D eigenvalue weighted by atomic mass is 15.4. The van der Waals surface area contributed by atoms with Gasteiger partial charge < -0.3 is 11.1 Å². The minimum Gasteiger partial charge on any atom is -0.368 e. The zero-order valence-corrected chi connectivity index (χ0v) is 8.96. The molecule has 7 heteroatoms. The molecule has 16 heavy (non-hydrogen) atoms. The van der Waals surface area contributed by atoms with Crippen LogP contribution in [0.2, 0.25) is 0 Å². The number of rotatable bonds is 4. The van der Waals surface area contributed by atoms with E-state index in [1.807, 2.05) is 13.0 Å². The molecule has 3 N–H and O–H groups in total. The van der Waals surface area contributed by atoms with Crippen molar-refractivity contribution in [3.05, 3.63) is 24.2 Å². The van der Waals surface area contributed by atoms with Crippen molar-refractivity contribution in [3.63, 3.8) is 0 Å². The Hall–Kier alpha value is -2.18. The Morgan fingerprint density at radius 1 is 1.44 bits per heavy atom. The van der Waals surface area contributed by atoms with E-state index >= 15 is 0 Å². The van der Waals surface area contributed by atoms with Crippen molar-refractivity contribution in [2.24, 2.45) is 0 Å². The van der Waals surface area contributed by atoms with E-state index in [0.717, 1.165) is 18.1 Å². The number of aryl methyl sites for hydroxylation is 1. The third-order valence-corrected chi connectivity index (χ3v) is 1.99. The number of nitrogen functional groups attached to an aromatic ring is 1. The van der Waals surface area contributed by atoms with E-state index < -0.39 is 0 Å². The summed E-state index contributed by atoms with van der Waals surface area (Å²) in [6, 6.07) is 1.84. The molecule has 0 radical (unpaired) electrons. The van der Waals surface area contributed by atoms with Crippen molar-refractivity contribution >= 4 is 11.8 Å². The second-order valence-electron chi connectivity index (χ2n) is 3.35. The monoisotopic (exact) mass is 219 g/mol. The van der Waals surface area contributed by atoms with Gasteiger partial charge in [-0.25, -0.2) is 4.98 Å². The first-order valence-corrected chi connectivity index (χ1v) is 4.93. The Kier molecular flexibility index (Phi) is 2.95. The Morgan fingerprint density at radius 3 is 3.00 bits per heavy atom. The smallest absolute Gasteiger partial charge is 0.222 e. The first-order valence-electron chi connectivity index (χ1n) is 4.93. The van der Waals surface area contributed by atoms with Crippen LogP contribution in [-0.4, -0.2) is 31.5 Å². The van der Waals surface area contributed by atoms with Gasteiger partial charge in [0.15, 0.2) is 0 Å². The van der Waals surface area contributed by atoms with Gasteiger partial charge in [0, 0.05) is 24.5 Å². The third kappa shape index (κ3) is 2.66. The van der Waals surface area contributed by atoms with Gasteiger partial charge >= 0.3 is 0 Å². The van der Waals surface area contributed by atoms with E-state index in [0.29, 0.717) is 6.54 Å².